The van der Waals surface area contributed by atoms with E-state index in [1.165, 1.54) is 10.7 Å². The monoisotopic (exact) mass is 355 g/mol. The van der Waals surface area contributed by atoms with E-state index < -0.39 is 11.3 Å². The molecule has 6 heteroatoms. The van der Waals surface area contributed by atoms with Crippen LogP contribution in [0, 0.1) is 17.2 Å². The van der Waals surface area contributed by atoms with Gasteiger partial charge in [-0.1, -0.05) is 30.7 Å². The molecule has 5 nitrogen and oxygen atoms in total. The van der Waals surface area contributed by atoms with Crippen LogP contribution >= 0.6 is 0 Å². The van der Waals surface area contributed by atoms with E-state index in [9.17, 15) is 14.0 Å². The fraction of sp³-hybridized carbons (Fsp3) is 0.316. The third-order valence-corrected chi connectivity index (χ3v) is 5.45. The van der Waals surface area contributed by atoms with Gasteiger partial charge < -0.3 is 5.32 Å². The first-order chi connectivity index (χ1) is 12.1. The summed E-state index contributed by atoms with van der Waals surface area (Å²) in [7, 11) is 1.79. The molecule has 1 aliphatic rings. The lowest BCUT2D eigenvalue weighted by Crippen LogP contribution is -2.34. The third kappa shape index (κ3) is 3.68. The van der Waals surface area contributed by atoms with Crippen molar-refractivity contribution in [3.05, 3.63) is 48.0 Å². The molecule has 2 aromatic carbocycles. The van der Waals surface area contributed by atoms with Crippen LogP contribution in [0.2, 0.25) is 0 Å². The topological polar surface area (TPSA) is 76.4 Å². The van der Waals surface area contributed by atoms with E-state index in [1.54, 1.807) is 13.1 Å². The molecule has 1 aliphatic carbocycles. The molecule has 2 aromatic rings. The van der Waals surface area contributed by atoms with Crippen LogP contribution in [0.15, 0.2) is 42.5 Å². The van der Waals surface area contributed by atoms with Gasteiger partial charge in [-0.25, -0.2) is 4.21 Å². The number of nitrogens with zero attached hydrogens (tertiary/aromatic N) is 2. The molecular formula is C19H21N3O2S. The van der Waals surface area contributed by atoms with Crippen molar-refractivity contribution in [1.82, 2.24) is 0 Å². The maximum atomic E-state index is 11.9. The highest BCUT2D eigenvalue weighted by molar-refractivity contribution is 7.80. The first-order valence-corrected chi connectivity index (χ1v) is 9.40. The van der Waals surface area contributed by atoms with Crippen molar-refractivity contribution in [2.24, 2.45) is 5.92 Å². The molecule has 0 bridgehead atoms. The predicted octanol–water partition coefficient (Wildman–Crippen LogP) is 4.01. The average molecular weight is 355 g/mol. The predicted molar refractivity (Wildman–Crippen MR) is 102 cm³/mol. The lowest BCUT2D eigenvalue weighted by Gasteiger charge is -2.32. The number of hydrogen-bond acceptors (Lipinski definition) is 3. The van der Waals surface area contributed by atoms with Crippen LogP contribution in [0.25, 0.3) is 11.1 Å². The highest BCUT2D eigenvalue weighted by Gasteiger charge is 2.25. The zero-order valence-electron chi connectivity index (χ0n) is 14.1. The van der Waals surface area contributed by atoms with Crippen molar-refractivity contribution in [2.45, 2.75) is 19.3 Å². The number of nitrogens with one attached hydrogen (secondary N) is 1. The van der Waals surface area contributed by atoms with Crippen LogP contribution in [-0.4, -0.2) is 22.4 Å². The van der Waals surface area contributed by atoms with E-state index in [-0.39, 0.29) is 0 Å². The highest BCUT2D eigenvalue weighted by atomic mass is 32.2. The van der Waals surface area contributed by atoms with Gasteiger partial charge >= 0.3 is 0 Å². The van der Waals surface area contributed by atoms with Gasteiger partial charge in [0.05, 0.1) is 23.0 Å². The molecule has 0 heterocycles. The summed E-state index contributed by atoms with van der Waals surface area (Å²) < 4.78 is 23.2. The first kappa shape index (κ1) is 17.5. The largest absolute Gasteiger partial charge is 0.386 e. The molecule has 2 N–H and O–H groups in total. The van der Waals surface area contributed by atoms with Crippen molar-refractivity contribution in [3.8, 4) is 17.2 Å². The number of nitriles is 1. The van der Waals surface area contributed by atoms with E-state index in [0.717, 1.165) is 29.7 Å². The van der Waals surface area contributed by atoms with Crippen molar-refractivity contribution < 1.29 is 8.76 Å². The standard InChI is InChI=1S/C19H21N3O2S/c1-21-18-11-15(17-8-3-2-7-16(17)12-20)9-10-19(18)22(25(23)24)13-14-5-4-6-14/h2-3,7-11,14,21H,4-6,13H2,1H3,(H,23,24). The molecule has 0 aromatic heterocycles. The normalized spacial score (nSPS) is 15.1. The van der Waals surface area contributed by atoms with Crippen LogP contribution in [0.4, 0.5) is 11.4 Å². The Bertz CT molecular complexity index is 828. The van der Waals surface area contributed by atoms with Gasteiger partial charge in [0, 0.05) is 13.6 Å². The van der Waals surface area contributed by atoms with Gasteiger partial charge in [0.1, 0.15) is 0 Å². The van der Waals surface area contributed by atoms with Gasteiger partial charge in [-0.15, -0.1) is 0 Å². The summed E-state index contributed by atoms with van der Waals surface area (Å²) in [6.07, 6.45) is 3.41. The molecule has 1 saturated carbocycles. The summed E-state index contributed by atoms with van der Waals surface area (Å²) in [6.45, 7) is 0.575. The summed E-state index contributed by atoms with van der Waals surface area (Å²) in [4.78, 5) is 0. The minimum absolute atomic E-state index is 0.472. The van der Waals surface area contributed by atoms with Gasteiger partial charge in [0.25, 0.3) is 11.3 Å². The van der Waals surface area contributed by atoms with Crippen LogP contribution in [0.5, 0.6) is 0 Å². The van der Waals surface area contributed by atoms with E-state index >= 15 is 0 Å². The minimum Gasteiger partial charge on any atom is -0.386 e. The van der Waals surface area contributed by atoms with Crippen molar-refractivity contribution in [1.29, 1.82) is 5.26 Å². The van der Waals surface area contributed by atoms with Gasteiger partial charge in [0.2, 0.25) is 0 Å². The molecule has 1 fully saturated rings. The Kier molecular flexibility index (Phi) is 5.37. The summed E-state index contributed by atoms with van der Waals surface area (Å²) >= 11 is -2.07. The van der Waals surface area contributed by atoms with Crippen LogP contribution in [-0.2, 0) is 11.3 Å². The molecule has 0 spiro atoms. The minimum atomic E-state index is -2.07. The molecule has 0 aliphatic heterocycles. The van der Waals surface area contributed by atoms with Gasteiger partial charge in [-0.05, 0) is 48.1 Å². The molecule has 1 atom stereocenters. The fourth-order valence-electron chi connectivity index (χ4n) is 3.11. The third-order valence-electron chi connectivity index (χ3n) is 4.73. The van der Waals surface area contributed by atoms with E-state index in [1.807, 2.05) is 36.4 Å². The SMILES string of the molecule is CNc1cc(-c2ccccc2C#N)ccc1N(CC1CCC1)S(=O)O. The Morgan fingerprint density at radius 1 is 1.32 bits per heavy atom. The molecule has 3 rings (SSSR count). The molecule has 0 amide bonds. The smallest absolute Gasteiger partial charge is 0.261 e. The number of rotatable bonds is 6. The van der Waals surface area contributed by atoms with Gasteiger partial charge in [-0.3, -0.25) is 8.86 Å². The van der Waals surface area contributed by atoms with Crippen molar-refractivity contribution >= 4 is 22.6 Å². The Labute approximate surface area is 150 Å². The van der Waals surface area contributed by atoms with Crippen LogP contribution in [0.3, 0.4) is 0 Å². The van der Waals surface area contributed by atoms with Crippen molar-refractivity contribution in [3.63, 3.8) is 0 Å². The number of benzene rings is 2. The molecule has 25 heavy (non-hydrogen) atoms. The quantitative estimate of drug-likeness (QED) is 0.768. The zero-order chi connectivity index (χ0) is 17.8. The summed E-state index contributed by atoms with van der Waals surface area (Å²) in [6, 6.07) is 15.3. The molecule has 0 radical (unpaired) electrons. The molecule has 130 valence electrons. The zero-order valence-corrected chi connectivity index (χ0v) is 14.9. The second-order valence-corrected chi connectivity index (χ2v) is 7.13. The Morgan fingerprint density at radius 2 is 2.08 bits per heavy atom. The maximum Gasteiger partial charge on any atom is 0.261 e. The fourth-order valence-corrected chi connectivity index (χ4v) is 3.78. The molecule has 0 saturated heterocycles. The van der Waals surface area contributed by atoms with Gasteiger partial charge in [-0.2, -0.15) is 5.26 Å². The second-order valence-electron chi connectivity index (χ2n) is 6.23. The van der Waals surface area contributed by atoms with E-state index in [2.05, 4.69) is 11.4 Å². The van der Waals surface area contributed by atoms with Crippen LogP contribution < -0.4 is 9.62 Å². The Hall–Kier alpha value is -2.36. The molecular weight excluding hydrogens is 334 g/mol. The first-order valence-electron chi connectivity index (χ1n) is 8.34. The second kappa shape index (κ2) is 7.68. The van der Waals surface area contributed by atoms with E-state index in [0.29, 0.717) is 23.7 Å². The maximum absolute atomic E-state index is 11.9. The van der Waals surface area contributed by atoms with Crippen molar-refractivity contribution in [2.75, 3.05) is 23.2 Å². The summed E-state index contributed by atoms with van der Waals surface area (Å²) in [5.74, 6) is 0.472. The average Bonchev–Trinajstić information content (AvgIpc) is 2.60. The number of anilines is 2. The molecule has 1 unspecified atom stereocenters. The number of hydrogen-bond donors (Lipinski definition) is 2. The highest BCUT2D eigenvalue weighted by Crippen LogP contribution is 2.35. The Balaban J connectivity index is 1.98. The summed E-state index contributed by atoms with van der Waals surface area (Å²) in [5, 5.41) is 12.4. The lowest BCUT2D eigenvalue weighted by atomic mass is 9.85. The van der Waals surface area contributed by atoms with Gasteiger partial charge in [0.15, 0.2) is 0 Å². The van der Waals surface area contributed by atoms with Crippen LogP contribution in [0.1, 0.15) is 24.8 Å². The van der Waals surface area contributed by atoms with E-state index in [4.69, 9.17) is 0 Å². The Morgan fingerprint density at radius 3 is 2.68 bits per heavy atom. The summed E-state index contributed by atoms with van der Waals surface area (Å²) in [5.41, 5.74) is 3.83. The lowest BCUT2D eigenvalue weighted by molar-refractivity contribution is 0.325.